The normalized spacial score (nSPS) is 15.7. The van der Waals surface area contributed by atoms with Gasteiger partial charge in [0.1, 0.15) is 11.3 Å². The molecule has 0 saturated carbocycles. The molecule has 0 amide bonds. The minimum Gasteiger partial charge on any atom is -0.460 e. The Morgan fingerprint density at radius 3 is 2.07 bits per heavy atom. The van der Waals surface area contributed by atoms with Crippen molar-refractivity contribution in [3.05, 3.63) is 221 Å². The maximum Gasteiger partial charge on any atom is 0.178 e. The number of rotatable bonds is 4. The third-order valence-corrected chi connectivity index (χ3v) is 13.0. The molecule has 4 aliphatic carbocycles. The summed E-state index contributed by atoms with van der Waals surface area (Å²) in [7, 11) is 0. The van der Waals surface area contributed by atoms with Crippen molar-refractivity contribution in [3.63, 3.8) is 0 Å². The fourth-order valence-corrected chi connectivity index (χ4v) is 10.7. The lowest BCUT2D eigenvalue weighted by molar-refractivity contribution is 0.360. The number of anilines is 2. The van der Waals surface area contributed by atoms with E-state index in [4.69, 9.17) is 13.9 Å². The molecule has 5 aliphatic rings. The highest BCUT2D eigenvalue weighted by atomic mass is 16.6. The number of nitrogens with zero attached hydrogens (tertiary/aromatic N) is 1. The van der Waals surface area contributed by atoms with Gasteiger partial charge >= 0.3 is 0 Å². The number of hydrogen-bond donors (Lipinski definition) is 0. The average molecular weight is 760 g/mol. The molecule has 4 heteroatoms. The van der Waals surface area contributed by atoms with Crippen LogP contribution in [0.1, 0.15) is 58.4 Å². The summed E-state index contributed by atoms with van der Waals surface area (Å²) in [6.45, 7) is 0. The Morgan fingerprint density at radius 1 is 0.525 bits per heavy atom. The van der Waals surface area contributed by atoms with Crippen LogP contribution in [0, 0.1) is 0 Å². The van der Waals surface area contributed by atoms with Gasteiger partial charge in [-0.1, -0.05) is 127 Å². The minimum absolute atomic E-state index is 0.459. The zero-order chi connectivity index (χ0) is 38.7. The summed E-state index contributed by atoms with van der Waals surface area (Å²) in [6.07, 6.45) is 12.8. The van der Waals surface area contributed by atoms with E-state index in [2.05, 4.69) is 175 Å². The average Bonchev–Trinajstić information content (AvgIpc) is 3.93. The first-order chi connectivity index (χ1) is 29.3. The van der Waals surface area contributed by atoms with E-state index in [1.165, 1.54) is 66.7 Å². The number of allylic oxidation sites excluding steroid dienone is 5. The van der Waals surface area contributed by atoms with Gasteiger partial charge in [-0.3, -0.25) is 0 Å². The fraction of sp³-hybridized carbons (Fsp3) is 0.0909. The van der Waals surface area contributed by atoms with Crippen LogP contribution >= 0.6 is 0 Å². The highest BCUT2D eigenvalue weighted by molar-refractivity contribution is 5.99. The summed E-state index contributed by atoms with van der Waals surface area (Å²) in [5, 5.41) is 1.17. The van der Waals surface area contributed by atoms with Crippen LogP contribution < -0.4 is 14.4 Å². The molecule has 0 saturated heterocycles. The van der Waals surface area contributed by atoms with Crippen LogP contribution in [-0.4, -0.2) is 0 Å². The number of furan rings is 1. The minimum atomic E-state index is -0.459. The Morgan fingerprint density at radius 2 is 1.25 bits per heavy atom. The quantitative estimate of drug-likeness (QED) is 0.179. The maximum absolute atomic E-state index is 7.16. The van der Waals surface area contributed by atoms with Crippen molar-refractivity contribution < 1.29 is 13.9 Å². The van der Waals surface area contributed by atoms with Crippen molar-refractivity contribution in [2.24, 2.45) is 0 Å². The lowest BCUT2D eigenvalue weighted by atomic mass is 9.70. The molecule has 0 fully saturated rings. The van der Waals surface area contributed by atoms with Gasteiger partial charge in [0.15, 0.2) is 23.0 Å². The number of aryl methyl sites for hydroxylation is 1. The molecular formula is C55H37NO3. The number of benzene rings is 7. The molecule has 0 atom stereocenters. The molecule has 8 aromatic rings. The number of hydrogen-bond acceptors (Lipinski definition) is 4. The summed E-state index contributed by atoms with van der Waals surface area (Å²) in [4.78, 5) is 2.38. The number of para-hydroxylation sites is 1. The molecule has 1 aliphatic heterocycles. The first-order valence-corrected chi connectivity index (χ1v) is 20.7. The van der Waals surface area contributed by atoms with Crippen LogP contribution in [0.4, 0.5) is 11.4 Å². The second kappa shape index (κ2) is 12.3. The van der Waals surface area contributed by atoms with E-state index >= 15 is 0 Å². The number of fused-ring (bicyclic) bond motifs is 16. The predicted octanol–water partition coefficient (Wildman–Crippen LogP) is 14.4. The largest absolute Gasteiger partial charge is 0.460 e. The first kappa shape index (κ1) is 32.8. The Bertz CT molecular complexity index is 3150. The molecule has 1 aromatic heterocycles. The van der Waals surface area contributed by atoms with Crippen molar-refractivity contribution in [2.75, 3.05) is 4.90 Å². The van der Waals surface area contributed by atoms with E-state index in [1.54, 1.807) is 0 Å². The van der Waals surface area contributed by atoms with Gasteiger partial charge in [-0.15, -0.1) is 0 Å². The van der Waals surface area contributed by atoms with Gasteiger partial charge in [0.25, 0.3) is 0 Å². The smallest absolute Gasteiger partial charge is 0.178 e. The Hall–Kier alpha value is -7.30. The molecular weight excluding hydrogens is 723 g/mol. The second-order valence-corrected chi connectivity index (χ2v) is 16.1. The lowest BCUT2D eigenvalue weighted by Gasteiger charge is -2.32. The molecule has 1 spiro atoms. The van der Waals surface area contributed by atoms with E-state index < -0.39 is 5.41 Å². The highest BCUT2D eigenvalue weighted by Crippen LogP contribution is 2.66. The summed E-state index contributed by atoms with van der Waals surface area (Å²) < 4.78 is 20.3. The summed E-state index contributed by atoms with van der Waals surface area (Å²) >= 11 is 0. The van der Waals surface area contributed by atoms with Crippen LogP contribution in [0.2, 0.25) is 0 Å². The number of ether oxygens (including phenoxy) is 2. The van der Waals surface area contributed by atoms with Crippen LogP contribution in [0.25, 0.3) is 38.8 Å². The lowest BCUT2D eigenvalue weighted by Crippen LogP contribution is -2.25. The summed E-state index contributed by atoms with van der Waals surface area (Å²) in [6, 6.07) is 54.7. The van der Waals surface area contributed by atoms with Gasteiger partial charge in [-0.25, -0.2) is 0 Å². The van der Waals surface area contributed by atoms with Gasteiger partial charge in [0.2, 0.25) is 0 Å². The van der Waals surface area contributed by atoms with E-state index in [0.29, 0.717) is 11.5 Å². The zero-order valence-electron chi connectivity index (χ0n) is 32.2. The topological polar surface area (TPSA) is 34.8 Å². The van der Waals surface area contributed by atoms with Crippen LogP contribution in [0.3, 0.4) is 0 Å². The molecule has 0 radical (unpaired) electrons. The highest BCUT2D eigenvalue weighted by Gasteiger charge is 2.53. The predicted molar refractivity (Wildman–Crippen MR) is 236 cm³/mol. The van der Waals surface area contributed by atoms with E-state index in [9.17, 15) is 0 Å². The fourth-order valence-electron chi connectivity index (χ4n) is 10.7. The molecule has 280 valence electrons. The summed E-state index contributed by atoms with van der Waals surface area (Å²) in [5.41, 5.74) is 17.4. The molecule has 0 bridgehead atoms. The molecule has 59 heavy (non-hydrogen) atoms. The zero-order valence-corrected chi connectivity index (χ0v) is 32.2. The summed E-state index contributed by atoms with van der Waals surface area (Å²) in [5.74, 6) is 3.97. The maximum atomic E-state index is 7.16. The van der Waals surface area contributed by atoms with Crippen LogP contribution in [0.5, 0.6) is 23.0 Å². The van der Waals surface area contributed by atoms with Gasteiger partial charge in [-0.2, -0.15) is 0 Å². The SMILES string of the molecule is C1=CCCC(N(c2cccc(C3=CCCc4oc5ccccc5c43)c2)c2ccc3c(c2)Oc2c(ccc4c2-c2ccccc2C42c4ccccc4-c4ccccc42)O3)=C1. The first-order valence-electron chi connectivity index (χ1n) is 20.7. The standard InChI is InChI=1S/C55H37NO3/c1-2-15-35(16-3-1)56(36-17-12-14-34(32-36)38-22-13-27-49-52(38)42-21-7-11-26-47(42)57-49)37-28-30-48-51(33-37)59-54-50(58-48)31-29-46-53(54)41-20-6-10-25-45(41)55(46)43-23-8-4-18-39(43)40-19-5-9-24-44(40)55/h1-2,4-12,14-15,17-26,28-33H,3,13,16,27H2. The monoisotopic (exact) mass is 759 g/mol. The van der Waals surface area contributed by atoms with Crippen LogP contribution in [0.15, 0.2) is 186 Å². The molecule has 4 nitrogen and oxygen atoms in total. The van der Waals surface area contributed by atoms with Gasteiger partial charge in [0, 0.05) is 46.1 Å². The molecule has 7 aromatic carbocycles. The van der Waals surface area contributed by atoms with Crippen molar-refractivity contribution in [1.82, 2.24) is 0 Å². The van der Waals surface area contributed by atoms with Gasteiger partial charge in [-0.05, 0) is 112 Å². The van der Waals surface area contributed by atoms with Gasteiger partial charge < -0.3 is 18.8 Å². The van der Waals surface area contributed by atoms with Crippen molar-refractivity contribution in [3.8, 4) is 45.3 Å². The van der Waals surface area contributed by atoms with E-state index in [-0.39, 0.29) is 0 Å². The molecule has 0 N–H and O–H groups in total. The Kier molecular flexibility index (Phi) is 6.86. The van der Waals surface area contributed by atoms with Crippen molar-refractivity contribution in [1.29, 1.82) is 0 Å². The van der Waals surface area contributed by atoms with Gasteiger partial charge in [0.05, 0.1) is 5.41 Å². The molecule has 13 rings (SSSR count). The van der Waals surface area contributed by atoms with E-state index in [1.807, 2.05) is 6.07 Å². The third-order valence-electron chi connectivity index (χ3n) is 13.0. The van der Waals surface area contributed by atoms with Crippen molar-refractivity contribution >= 4 is 27.9 Å². The second-order valence-electron chi connectivity index (χ2n) is 16.1. The molecule has 0 unspecified atom stereocenters. The van der Waals surface area contributed by atoms with Crippen LogP contribution in [-0.2, 0) is 11.8 Å². The Balaban J connectivity index is 0.941. The third kappa shape index (κ3) is 4.54. The van der Waals surface area contributed by atoms with Crippen molar-refractivity contribution in [2.45, 2.75) is 31.1 Å². The van der Waals surface area contributed by atoms with E-state index in [0.717, 1.165) is 65.5 Å². The Labute approximate surface area is 342 Å². The molecule has 2 heterocycles.